The third-order valence-corrected chi connectivity index (χ3v) is 2.92. The van der Waals surface area contributed by atoms with E-state index >= 15 is 0 Å². The fraction of sp³-hybridized carbons (Fsp3) is 0.333. The minimum absolute atomic E-state index is 0.0741. The van der Waals surface area contributed by atoms with E-state index in [2.05, 4.69) is 15.8 Å². The summed E-state index contributed by atoms with van der Waals surface area (Å²) in [7, 11) is 0. The van der Waals surface area contributed by atoms with Crippen molar-refractivity contribution in [2.75, 3.05) is 18.5 Å². The molecule has 2 aromatic rings. The third kappa shape index (κ3) is 4.61. The molecule has 112 valence electrons. The number of rotatable bonds is 7. The van der Waals surface area contributed by atoms with E-state index in [0.717, 1.165) is 17.1 Å². The predicted octanol–water partition coefficient (Wildman–Crippen LogP) is 1.71. The summed E-state index contributed by atoms with van der Waals surface area (Å²) >= 11 is 0. The van der Waals surface area contributed by atoms with Crippen molar-refractivity contribution in [3.05, 3.63) is 47.3 Å². The number of hydrogen-bond donors (Lipinski definition) is 3. The first-order valence-corrected chi connectivity index (χ1v) is 6.84. The highest BCUT2D eigenvalue weighted by Crippen LogP contribution is 2.11. The highest BCUT2D eigenvalue weighted by molar-refractivity contribution is 5.94. The zero-order chi connectivity index (χ0) is 15.1. The number of hydrogen-bond acceptors (Lipinski definition) is 5. The second kappa shape index (κ2) is 7.44. The summed E-state index contributed by atoms with van der Waals surface area (Å²) < 4.78 is 4.99. The van der Waals surface area contributed by atoms with E-state index in [-0.39, 0.29) is 12.5 Å². The third-order valence-electron chi connectivity index (χ3n) is 2.92. The van der Waals surface area contributed by atoms with Gasteiger partial charge in [0.1, 0.15) is 11.5 Å². The number of carbonyl (C=O) groups excluding carboxylic acids is 1. The number of aliphatic hydroxyl groups excluding tert-OH is 1. The van der Waals surface area contributed by atoms with E-state index in [1.807, 2.05) is 25.1 Å². The first-order valence-electron chi connectivity index (χ1n) is 6.84. The summed E-state index contributed by atoms with van der Waals surface area (Å²) in [5.41, 5.74) is 2.33. The van der Waals surface area contributed by atoms with Crippen molar-refractivity contribution in [3.63, 3.8) is 0 Å². The summed E-state index contributed by atoms with van der Waals surface area (Å²) in [6.45, 7) is 2.96. The zero-order valence-corrected chi connectivity index (χ0v) is 11.9. The molecule has 0 bridgehead atoms. The van der Waals surface area contributed by atoms with Crippen LogP contribution in [0.15, 0.2) is 34.9 Å². The van der Waals surface area contributed by atoms with Crippen molar-refractivity contribution >= 4 is 11.6 Å². The summed E-state index contributed by atoms with van der Waals surface area (Å²) in [6, 6.07) is 9.06. The van der Waals surface area contributed by atoms with Crippen LogP contribution < -0.4 is 10.6 Å². The van der Waals surface area contributed by atoms with E-state index in [1.165, 1.54) is 0 Å². The first kappa shape index (κ1) is 15.1. The molecule has 0 aliphatic carbocycles. The molecule has 2 rings (SSSR count). The lowest BCUT2D eigenvalue weighted by Gasteiger charge is -2.07. The Kier molecular flexibility index (Phi) is 5.34. The highest BCUT2D eigenvalue weighted by Gasteiger charge is 2.05. The van der Waals surface area contributed by atoms with Gasteiger partial charge in [-0.25, -0.2) is 0 Å². The van der Waals surface area contributed by atoms with Gasteiger partial charge in [-0.2, -0.15) is 0 Å². The molecule has 21 heavy (non-hydrogen) atoms. The van der Waals surface area contributed by atoms with E-state index in [1.54, 1.807) is 12.1 Å². The van der Waals surface area contributed by atoms with Crippen molar-refractivity contribution < 1.29 is 14.4 Å². The number of amides is 1. The maximum atomic E-state index is 11.8. The molecule has 1 amide bonds. The van der Waals surface area contributed by atoms with Crippen molar-refractivity contribution in [1.82, 2.24) is 10.5 Å². The number of aryl methyl sites for hydroxylation is 1. The lowest BCUT2D eigenvalue weighted by atomic mass is 10.2. The molecular weight excluding hydrogens is 270 g/mol. The van der Waals surface area contributed by atoms with Crippen molar-refractivity contribution in [2.24, 2.45) is 0 Å². The van der Waals surface area contributed by atoms with Crippen molar-refractivity contribution in [2.45, 2.75) is 19.9 Å². The topological polar surface area (TPSA) is 87.4 Å². The SMILES string of the molecule is Cc1cc(CNc2ccc(C(=O)NCCCO)cc2)no1. The average Bonchev–Trinajstić information content (AvgIpc) is 2.91. The normalized spacial score (nSPS) is 10.4. The van der Waals surface area contributed by atoms with Gasteiger partial charge in [0.25, 0.3) is 5.91 Å². The van der Waals surface area contributed by atoms with Gasteiger partial charge < -0.3 is 20.3 Å². The van der Waals surface area contributed by atoms with Crippen LogP contribution in [0.1, 0.15) is 28.2 Å². The second-order valence-corrected chi connectivity index (χ2v) is 4.69. The van der Waals surface area contributed by atoms with Gasteiger partial charge in [-0.3, -0.25) is 4.79 Å². The molecule has 0 atom stereocenters. The molecule has 0 aliphatic rings. The first-order chi connectivity index (χ1) is 10.2. The van der Waals surface area contributed by atoms with Crippen LogP contribution in [-0.4, -0.2) is 29.3 Å². The van der Waals surface area contributed by atoms with Crippen LogP contribution in [-0.2, 0) is 6.54 Å². The molecule has 1 aromatic heterocycles. The van der Waals surface area contributed by atoms with Gasteiger partial charge in [0, 0.05) is 30.5 Å². The van der Waals surface area contributed by atoms with Crippen molar-refractivity contribution in [1.29, 1.82) is 0 Å². The lowest BCUT2D eigenvalue weighted by Crippen LogP contribution is -2.24. The summed E-state index contributed by atoms with van der Waals surface area (Å²) in [5, 5.41) is 18.5. The minimum atomic E-state index is -0.137. The number of nitrogens with zero attached hydrogens (tertiary/aromatic N) is 1. The molecule has 0 spiro atoms. The molecular formula is C15H19N3O3. The fourth-order valence-corrected chi connectivity index (χ4v) is 1.82. The van der Waals surface area contributed by atoms with Crippen LogP contribution in [0.4, 0.5) is 5.69 Å². The van der Waals surface area contributed by atoms with E-state index in [9.17, 15) is 4.79 Å². The average molecular weight is 289 g/mol. The number of aliphatic hydroxyl groups is 1. The molecule has 1 heterocycles. The summed E-state index contributed by atoms with van der Waals surface area (Å²) in [6.07, 6.45) is 0.558. The molecule has 6 heteroatoms. The molecule has 0 fully saturated rings. The Morgan fingerprint density at radius 3 is 2.71 bits per heavy atom. The second-order valence-electron chi connectivity index (χ2n) is 4.69. The molecule has 1 aromatic carbocycles. The molecule has 0 unspecified atom stereocenters. The number of carbonyl (C=O) groups is 1. The Labute approximate surface area is 123 Å². The van der Waals surface area contributed by atoms with Crippen LogP contribution in [0.3, 0.4) is 0 Å². The lowest BCUT2D eigenvalue weighted by molar-refractivity contribution is 0.0951. The molecule has 6 nitrogen and oxygen atoms in total. The smallest absolute Gasteiger partial charge is 0.251 e. The molecule has 0 saturated heterocycles. The fourth-order valence-electron chi connectivity index (χ4n) is 1.82. The maximum Gasteiger partial charge on any atom is 0.251 e. The van der Waals surface area contributed by atoms with Gasteiger partial charge in [0.2, 0.25) is 0 Å². The molecule has 3 N–H and O–H groups in total. The van der Waals surface area contributed by atoms with Gasteiger partial charge >= 0.3 is 0 Å². The van der Waals surface area contributed by atoms with E-state index < -0.39 is 0 Å². The monoisotopic (exact) mass is 289 g/mol. The Bertz CT molecular complexity index is 578. The summed E-state index contributed by atoms with van der Waals surface area (Å²) in [4.78, 5) is 11.8. The maximum absolute atomic E-state index is 11.8. The largest absolute Gasteiger partial charge is 0.396 e. The number of anilines is 1. The number of benzene rings is 1. The van der Waals surface area contributed by atoms with Gasteiger partial charge in [-0.15, -0.1) is 0 Å². The van der Waals surface area contributed by atoms with Crippen LogP contribution in [0.5, 0.6) is 0 Å². The molecule has 0 aliphatic heterocycles. The quantitative estimate of drug-likeness (QED) is 0.675. The van der Waals surface area contributed by atoms with Crippen LogP contribution in [0, 0.1) is 6.92 Å². The van der Waals surface area contributed by atoms with E-state index in [0.29, 0.717) is 25.1 Å². The molecule has 0 saturated carbocycles. The predicted molar refractivity (Wildman–Crippen MR) is 79.0 cm³/mol. The minimum Gasteiger partial charge on any atom is -0.396 e. The van der Waals surface area contributed by atoms with Crippen LogP contribution in [0.25, 0.3) is 0 Å². The Morgan fingerprint density at radius 1 is 1.33 bits per heavy atom. The van der Waals surface area contributed by atoms with Crippen LogP contribution >= 0.6 is 0 Å². The van der Waals surface area contributed by atoms with Gasteiger partial charge in [0.05, 0.1) is 6.54 Å². The zero-order valence-electron chi connectivity index (χ0n) is 11.9. The Hall–Kier alpha value is -2.34. The van der Waals surface area contributed by atoms with Crippen LogP contribution in [0.2, 0.25) is 0 Å². The number of aromatic nitrogens is 1. The summed E-state index contributed by atoms with van der Waals surface area (Å²) in [5.74, 6) is 0.642. The standard InChI is InChI=1S/C15H19N3O3/c1-11-9-14(18-21-11)10-17-13-5-3-12(4-6-13)15(20)16-7-2-8-19/h3-6,9,17,19H,2,7-8,10H2,1H3,(H,16,20). The van der Waals surface area contributed by atoms with Gasteiger partial charge in [-0.1, -0.05) is 5.16 Å². The van der Waals surface area contributed by atoms with Gasteiger partial charge in [-0.05, 0) is 37.6 Å². The van der Waals surface area contributed by atoms with E-state index in [4.69, 9.17) is 9.63 Å². The van der Waals surface area contributed by atoms with Crippen molar-refractivity contribution in [3.8, 4) is 0 Å². The highest BCUT2D eigenvalue weighted by atomic mass is 16.5. The Morgan fingerprint density at radius 2 is 2.10 bits per heavy atom. The Balaban J connectivity index is 1.85. The number of nitrogens with one attached hydrogen (secondary N) is 2. The van der Waals surface area contributed by atoms with Gasteiger partial charge in [0.15, 0.2) is 0 Å². The molecule has 0 radical (unpaired) electrons.